The molecule has 0 saturated carbocycles. The molecular weight excluding hydrogens is 248 g/mol. The highest BCUT2D eigenvalue weighted by Crippen LogP contribution is 2.16. The first kappa shape index (κ1) is 15.0. The van der Waals surface area contributed by atoms with Gasteiger partial charge in [0.1, 0.15) is 6.04 Å². The van der Waals surface area contributed by atoms with Gasteiger partial charge in [-0.05, 0) is 18.6 Å². The van der Waals surface area contributed by atoms with E-state index in [1.807, 2.05) is 32.0 Å². The summed E-state index contributed by atoms with van der Waals surface area (Å²) in [6, 6.07) is 5.83. The van der Waals surface area contributed by atoms with E-state index in [2.05, 4.69) is 10.3 Å². The number of thioether (sulfide) groups is 1. The van der Waals surface area contributed by atoms with Crippen molar-refractivity contribution in [2.24, 2.45) is 0 Å². The highest BCUT2D eigenvalue weighted by molar-refractivity contribution is 7.99. The van der Waals surface area contributed by atoms with Crippen molar-refractivity contribution in [3.8, 4) is 0 Å². The highest BCUT2D eigenvalue weighted by atomic mass is 32.2. The zero-order valence-electron chi connectivity index (χ0n) is 11.1. The Morgan fingerprint density at radius 3 is 2.83 bits per heavy atom. The Hall–Kier alpha value is -1.07. The smallest absolute Gasteiger partial charge is 0.322 e. The summed E-state index contributed by atoms with van der Waals surface area (Å²) in [5.41, 5.74) is 0. The number of nitrogens with zero attached hydrogens (tertiary/aromatic N) is 1. The topological polar surface area (TPSA) is 51.2 Å². The maximum absolute atomic E-state index is 11.6. The maximum Gasteiger partial charge on any atom is 0.322 e. The molecule has 1 aromatic rings. The number of methoxy groups -OCH3 is 1. The van der Waals surface area contributed by atoms with Crippen LogP contribution >= 0.6 is 11.8 Å². The number of aromatic nitrogens is 1. The molecule has 100 valence electrons. The first-order valence-corrected chi connectivity index (χ1v) is 6.99. The van der Waals surface area contributed by atoms with Crippen LogP contribution in [0.5, 0.6) is 0 Å². The van der Waals surface area contributed by atoms with E-state index in [4.69, 9.17) is 4.74 Å². The van der Waals surface area contributed by atoms with Gasteiger partial charge in [-0.1, -0.05) is 19.9 Å². The van der Waals surface area contributed by atoms with Crippen LogP contribution in [0.2, 0.25) is 0 Å². The summed E-state index contributed by atoms with van der Waals surface area (Å²) in [5.74, 6) is 0.626. The third kappa shape index (κ3) is 5.51. The molecule has 1 N–H and O–H groups in total. The zero-order valence-corrected chi connectivity index (χ0v) is 11.9. The third-order valence-corrected chi connectivity index (χ3v) is 3.29. The van der Waals surface area contributed by atoms with Crippen molar-refractivity contribution < 1.29 is 9.53 Å². The van der Waals surface area contributed by atoms with Gasteiger partial charge in [0.2, 0.25) is 0 Å². The van der Waals surface area contributed by atoms with Crippen molar-refractivity contribution in [1.29, 1.82) is 0 Å². The lowest BCUT2D eigenvalue weighted by atomic mass is 10.2. The van der Waals surface area contributed by atoms with Gasteiger partial charge in [-0.15, -0.1) is 11.8 Å². The predicted molar refractivity (Wildman–Crippen MR) is 73.7 cm³/mol. The van der Waals surface area contributed by atoms with Crippen LogP contribution in [0.3, 0.4) is 0 Å². The third-order valence-electron chi connectivity index (χ3n) is 2.31. The number of hydrogen-bond donors (Lipinski definition) is 1. The van der Waals surface area contributed by atoms with E-state index >= 15 is 0 Å². The van der Waals surface area contributed by atoms with Gasteiger partial charge in [0.05, 0.1) is 12.1 Å². The summed E-state index contributed by atoms with van der Waals surface area (Å²) in [6.07, 6.45) is 2.50. The van der Waals surface area contributed by atoms with Crippen LogP contribution in [0.4, 0.5) is 0 Å². The van der Waals surface area contributed by atoms with Crippen LogP contribution < -0.4 is 5.32 Å². The lowest BCUT2D eigenvalue weighted by Gasteiger charge is -2.18. The quantitative estimate of drug-likeness (QED) is 0.606. The minimum Gasteiger partial charge on any atom is -0.468 e. The minimum atomic E-state index is -0.244. The second kappa shape index (κ2) is 8.11. The summed E-state index contributed by atoms with van der Waals surface area (Å²) in [7, 11) is 1.42. The number of esters is 1. The molecule has 0 aliphatic carbocycles. The van der Waals surface area contributed by atoms with Crippen molar-refractivity contribution in [3.63, 3.8) is 0 Å². The van der Waals surface area contributed by atoms with E-state index in [1.54, 1.807) is 18.0 Å². The van der Waals surface area contributed by atoms with Crippen molar-refractivity contribution in [2.75, 3.05) is 12.9 Å². The van der Waals surface area contributed by atoms with Gasteiger partial charge in [0.25, 0.3) is 0 Å². The fourth-order valence-electron chi connectivity index (χ4n) is 1.53. The summed E-state index contributed by atoms with van der Waals surface area (Å²) in [5, 5.41) is 4.19. The largest absolute Gasteiger partial charge is 0.468 e. The molecule has 1 heterocycles. The van der Waals surface area contributed by atoms with Crippen molar-refractivity contribution in [1.82, 2.24) is 10.3 Å². The second-order valence-electron chi connectivity index (χ2n) is 4.20. The van der Waals surface area contributed by atoms with Crippen LogP contribution in [0, 0.1) is 0 Å². The highest BCUT2D eigenvalue weighted by Gasteiger charge is 2.19. The molecule has 0 aliphatic heterocycles. The Morgan fingerprint density at radius 1 is 1.50 bits per heavy atom. The van der Waals surface area contributed by atoms with E-state index in [9.17, 15) is 4.79 Å². The Balaban J connectivity index is 2.40. The van der Waals surface area contributed by atoms with Crippen LogP contribution in [-0.2, 0) is 9.53 Å². The Labute approximate surface area is 113 Å². The Bertz CT molecular complexity index is 357. The van der Waals surface area contributed by atoms with Gasteiger partial charge in [-0.25, -0.2) is 4.98 Å². The van der Waals surface area contributed by atoms with Gasteiger partial charge in [-0.2, -0.15) is 0 Å². The zero-order chi connectivity index (χ0) is 13.4. The standard InChI is InChI=1S/C13H20N2O2S/c1-10(2)15-11(13(16)17-3)7-9-18-12-6-4-5-8-14-12/h4-6,8,10-11,15H,7,9H2,1-3H3. The number of hydrogen-bond acceptors (Lipinski definition) is 5. The van der Waals surface area contributed by atoms with Crippen LogP contribution in [-0.4, -0.2) is 35.9 Å². The molecule has 0 amide bonds. The monoisotopic (exact) mass is 268 g/mol. The van der Waals surface area contributed by atoms with Gasteiger partial charge in [0, 0.05) is 18.0 Å². The first-order valence-electron chi connectivity index (χ1n) is 6.01. The molecule has 0 aliphatic rings. The number of ether oxygens (including phenoxy) is 1. The number of nitrogens with one attached hydrogen (secondary N) is 1. The number of carbonyl (C=O) groups excluding carboxylic acids is 1. The molecule has 0 aromatic carbocycles. The summed E-state index contributed by atoms with van der Waals surface area (Å²) < 4.78 is 4.79. The van der Waals surface area contributed by atoms with Gasteiger partial charge < -0.3 is 10.1 Å². The van der Waals surface area contributed by atoms with E-state index in [-0.39, 0.29) is 18.1 Å². The molecule has 1 aromatic heterocycles. The van der Waals surface area contributed by atoms with E-state index in [0.717, 1.165) is 17.2 Å². The first-order chi connectivity index (χ1) is 8.63. The molecule has 1 unspecified atom stereocenters. The van der Waals surface area contributed by atoms with E-state index in [0.29, 0.717) is 0 Å². The van der Waals surface area contributed by atoms with Crippen LogP contribution in [0.25, 0.3) is 0 Å². The molecular formula is C13H20N2O2S. The fraction of sp³-hybridized carbons (Fsp3) is 0.538. The molecule has 0 spiro atoms. The summed E-state index contributed by atoms with van der Waals surface area (Å²) in [6.45, 7) is 4.03. The van der Waals surface area contributed by atoms with Crippen molar-refractivity contribution in [3.05, 3.63) is 24.4 Å². The van der Waals surface area contributed by atoms with Crippen LogP contribution in [0.15, 0.2) is 29.4 Å². The lowest BCUT2D eigenvalue weighted by molar-refractivity contribution is -0.143. The number of carbonyl (C=O) groups is 1. The average Bonchev–Trinajstić information content (AvgIpc) is 2.37. The fourth-order valence-corrected chi connectivity index (χ4v) is 2.40. The van der Waals surface area contributed by atoms with Crippen molar-refractivity contribution >= 4 is 17.7 Å². The SMILES string of the molecule is COC(=O)C(CCSc1ccccn1)NC(C)C. The normalized spacial score (nSPS) is 12.4. The molecule has 4 nitrogen and oxygen atoms in total. The van der Waals surface area contributed by atoms with E-state index in [1.165, 1.54) is 7.11 Å². The molecule has 1 rings (SSSR count). The molecule has 1 atom stereocenters. The summed E-state index contributed by atoms with van der Waals surface area (Å²) >= 11 is 1.64. The number of pyridine rings is 1. The maximum atomic E-state index is 11.6. The molecule has 18 heavy (non-hydrogen) atoms. The Kier molecular flexibility index (Phi) is 6.75. The van der Waals surface area contributed by atoms with Gasteiger partial charge >= 0.3 is 5.97 Å². The average molecular weight is 268 g/mol. The van der Waals surface area contributed by atoms with Gasteiger partial charge in [-0.3, -0.25) is 4.79 Å². The van der Waals surface area contributed by atoms with E-state index < -0.39 is 0 Å². The molecule has 0 radical (unpaired) electrons. The molecule has 5 heteroatoms. The summed E-state index contributed by atoms with van der Waals surface area (Å²) in [4.78, 5) is 15.8. The second-order valence-corrected chi connectivity index (χ2v) is 5.32. The molecule has 0 bridgehead atoms. The Morgan fingerprint density at radius 2 is 2.28 bits per heavy atom. The predicted octanol–water partition coefficient (Wildman–Crippen LogP) is 2.10. The number of rotatable bonds is 7. The van der Waals surface area contributed by atoms with Crippen molar-refractivity contribution in [2.45, 2.75) is 37.4 Å². The minimum absolute atomic E-state index is 0.203. The lowest BCUT2D eigenvalue weighted by Crippen LogP contribution is -2.41. The molecule has 0 saturated heterocycles. The van der Waals surface area contributed by atoms with Gasteiger partial charge in [0.15, 0.2) is 0 Å². The van der Waals surface area contributed by atoms with Crippen LogP contribution in [0.1, 0.15) is 20.3 Å². The molecule has 0 fully saturated rings.